The second kappa shape index (κ2) is 5.69. The van der Waals surface area contributed by atoms with Crippen molar-refractivity contribution < 1.29 is 58.6 Å². The van der Waals surface area contributed by atoms with Gasteiger partial charge in [-0.1, -0.05) is 0 Å². The molecule has 1 atom stereocenters. The van der Waals surface area contributed by atoms with Gasteiger partial charge in [-0.05, 0) is 0 Å². The van der Waals surface area contributed by atoms with E-state index in [1.54, 1.807) is 0 Å². The smallest absolute Gasteiger partial charge is 0.772 e. The summed E-state index contributed by atoms with van der Waals surface area (Å²) in [5.74, 6) is -1.40. The van der Waals surface area contributed by atoms with Gasteiger partial charge in [-0.15, -0.1) is 0 Å². The molecule has 0 aromatic carbocycles. The average molecular weight is 205 g/mol. The zero-order chi connectivity index (χ0) is 9.07. The van der Waals surface area contributed by atoms with Crippen LogP contribution in [-0.2, 0) is 9.36 Å². The molecule has 64 valence electrons. The summed E-state index contributed by atoms with van der Waals surface area (Å²) in [4.78, 5) is 37.8. The maximum absolute atomic E-state index is 10.2. The Bertz CT molecular complexity index is 223. The van der Waals surface area contributed by atoms with Crippen LogP contribution in [0.15, 0.2) is 0 Å². The first-order chi connectivity index (χ1) is 4.84. The van der Waals surface area contributed by atoms with Crippen LogP contribution in [0.1, 0.15) is 0 Å². The molecule has 0 heterocycles. The molecule has 7 nitrogen and oxygen atoms in total. The van der Waals surface area contributed by atoms with Gasteiger partial charge in [0.15, 0.2) is 0 Å². The van der Waals surface area contributed by atoms with Gasteiger partial charge < -0.3 is 20.2 Å². The molecule has 0 saturated carbocycles. The Balaban J connectivity index is 0. The normalized spacial score (nSPS) is 13.8. The Morgan fingerprint density at radius 2 is 1.92 bits per heavy atom. The molecule has 1 unspecified atom stereocenters. The summed E-state index contributed by atoms with van der Waals surface area (Å²) in [5, 5.41) is 9.40. The van der Waals surface area contributed by atoms with Crippen molar-refractivity contribution in [1.29, 1.82) is 0 Å². The van der Waals surface area contributed by atoms with Crippen LogP contribution in [0.25, 0.3) is 0 Å². The average Bonchev–Trinajstić information content (AvgIpc) is 1.80. The number of rotatable bonds is 3. The number of nitrogens with one attached hydrogen (secondary N) is 1. The number of carbonyl (C=O) groups excluding carboxylic acids is 1. The topological polar surface area (TPSA) is 127 Å². The largest absolute Gasteiger partial charge is 1.00 e. The van der Waals surface area contributed by atoms with Crippen molar-refractivity contribution in [2.24, 2.45) is 0 Å². The predicted molar refractivity (Wildman–Crippen MR) is 30.9 cm³/mol. The number of carbonyl (C=O) groups is 2. The Labute approximate surface area is 89.6 Å². The van der Waals surface area contributed by atoms with Crippen LogP contribution in [0.5, 0.6) is 0 Å². The van der Waals surface area contributed by atoms with Crippen molar-refractivity contribution in [2.45, 2.75) is 0 Å². The van der Waals surface area contributed by atoms with Gasteiger partial charge in [0, 0.05) is 0 Å². The van der Waals surface area contributed by atoms with Gasteiger partial charge >= 0.3 is 35.5 Å². The third kappa shape index (κ3) is 6.78. The minimum Gasteiger partial charge on any atom is -0.772 e. The summed E-state index contributed by atoms with van der Waals surface area (Å²) >= 11 is 0. The fourth-order valence-electron chi connectivity index (χ4n) is 0.251. The van der Waals surface area contributed by atoms with E-state index in [4.69, 9.17) is 10.00 Å². The first-order valence-electron chi connectivity index (χ1n) is 2.38. The van der Waals surface area contributed by atoms with Gasteiger partial charge in [0.05, 0.1) is 0 Å². The molecule has 12 heavy (non-hydrogen) atoms. The third-order valence-corrected chi connectivity index (χ3v) is 1.32. The molecule has 0 aromatic rings. The molecule has 0 aliphatic carbocycles. The standard InChI is InChI=1S/C3H6NO6P.Na/c5-2(6)1-4-3(7)11(8,9)10;/h1H2,(H,4,7)(H,5,6)(H2,8,9,10);/q;+1/p-1. The SMILES string of the molecule is O=C(O)CNC(=O)P(=O)([O-])O.[Na+]. The summed E-state index contributed by atoms with van der Waals surface area (Å²) < 4.78 is 9.92. The van der Waals surface area contributed by atoms with Crippen LogP contribution in [0.2, 0.25) is 0 Å². The predicted octanol–water partition coefficient (Wildman–Crippen LogP) is -4.67. The van der Waals surface area contributed by atoms with Gasteiger partial charge in [-0.3, -0.25) is 14.2 Å². The second-order valence-electron chi connectivity index (χ2n) is 1.57. The molecule has 0 aromatic heterocycles. The van der Waals surface area contributed by atoms with E-state index in [2.05, 4.69) is 0 Å². The molecule has 9 heteroatoms. The van der Waals surface area contributed by atoms with E-state index in [1.165, 1.54) is 5.32 Å². The number of aliphatic carboxylic acids is 1. The van der Waals surface area contributed by atoms with E-state index in [0.29, 0.717) is 0 Å². The maximum Gasteiger partial charge on any atom is 1.00 e. The Hall–Kier alpha value is 0.0900. The third-order valence-electron chi connectivity index (χ3n) is 0.647. The summed E-state index contributed by atoms with van der Waals surface area (Å²) in [6.07, 6.45) is 0. The fraction of sp³-hybridized carbons (Fsp3) is 0.333. The first-order valence-corrected chi connectivity index (χ1v) is 3.96. The molecule has 0 spiro atoms. The summed E-state index contributed by atoms with van der Waals surface area (Å²) in [6, 6.07) is 0. The van der Waals surface area contributed by atoms with Gasteiger partial charge in [-0.25, -0.2) is 0 Å². The molecule has 3 N–H and O–H groups in total. The minimum absolute atomic E-state index is 0. The molecule has 0 aliphatic rings. The first kappa shape index (κ1) is 14.6. The second-order valence-corrected chi connectivity index (χ2v) is 3.02. The summed E-state index contributed by atoms with van der Waals surface area (Å²) in [7, 11) is -5.08. The Morgan fingerprint density at radius 1 is 1.50 bits per heavy atom. The molecule has 0 fully saturated rings. The molecule has 0 bridgehead atoms. The van der Waals surface area contributed by atoms with Gasteiger partial charge in [0.2, 0.25) is 7.60 Å². The van der Waals surface area contributed by atoms with Crippen molar-refractivity contribution in [3.8, 4) is 0 Å². The van der Waals surface area contributed by atoms with Crippen molar-refractivity contribution in [3.63, 3.8) is 0 Å². The molecular formula is C3H5NNaO6P. The molecule has 0 rings (SSSR count). The van der Waals surface area contributed by atoms with Crippen molar-refractivity contribution in [3.05, 3.63) is 0 Å². The van der Waals surface area contributed by atoms with Gasteiger partial charge in [0.25, 0.3) is 5.65 Å². The van der Waals surface area contributed by atoms with Gasteiger partial charge in [0.1, 0.15) is 6.54 Å². The van der Waals surface area contributed by atoms with Crippen LogP contribution in [0.4, 0.5) is 4.79 Å². The number of hydrogen-bond acceptors (Lipinski definition) is 4. The molecule has 0 aliphatic heterocycles. The fourth-order valence-corrected chi connectivity index (χ4v) is 0.530. The van der Waals surface area contributed by atoms with E-state index in [0.717, 1.165) is 0 Å². The van der Waals surface area contributed by atoms with Crippen molar-refractivity contribution in [2.75, 3.05) is 6.54 Å². The van der Waals surface area contributed by atoms with E-state index >= 15 is 0 Å². The van der Waals surface area contributed by atoms with Crippen molar-refractivity contribution >= 4 is 19.2 Å². The van der Waals surface area contributed by atoms with E-state index < -0.39 is 25.8 Å². The molecule has 1 amide bonds. The van der Waals surface area contributed by atoms with Gasteiger partial charge in [-0.2, -0.15) is 0 Å². The zero-order valence-electron chi connectivity index (χ0n) is 6.18. The number of carboxylic acids is 1. The van der Waals surface area contributed by atoms with Crippen molar-refractivity contribution in [1.82, 2.24) is 5.32 Å². The summed E-state index contributed by atoms with van der Waals surface area (Å²) in [6.45, 7) is -0.842. The van der Waals surface area contributed by atoms with Crippen LogP contribution in [0, 0.1) is 0 Å². The van der Waals surface area contributed by atoms with Crippen LogP contribution in [-0.4, -0.2) is 28.2 Å². The minimum atomic E-state index is -5.08. The van der Waals surface area contributed by atoms with E-state index in [9.17, 15) is 19.0 Å². The number of carboxylic acid groups (broad SMARTS) is 1. The monoisotopic (exact) mass is 205 g/mol. The molecule has 0 radical (unpaired) electrons. The van der Waals surface area contributed by atoms with E-state index in [-0.39, 0.29) is 29.6 Å². The quantitative estimate of drug-likeness (QED) is 0.314. The van der Waals surface area contributed by atoms with Crippen LogP contribution < -0.4 is 39.8 Å². The maximum atomic E-state index is 10.2. The van der Waals surface area contributed by atoms with Crippen LogP contribution in [0.3, 0.4) is 0 Å². The Morgan fingerprint density at radius 3 is 2.17 bits per heavy atom. The van der Waals surface area contributed by atoms with E-state index in [1.807, 2.05) is 0 Å². The Kier molecular flexibility index (Phi) is 6.92. The number of hydrogen-bond donors (Lipinski definition) is 3. The molecule has 0 saturated heterocycles. The number of amides is 1. The zero-order valence-corrected chi connectivity index (χ0v) is 9.08. The van der Waals surface area contributed by atoms with Crippen LogP contribution >= 0.6 is 7.60 Å². The summed E-state index contributed by atoms with van der Waals surface area (Å²) in [5.41, 5.74) is -1.69. The molecular weight excluding hydrogens is 200 g/mol.